The largest absolute Gasteiger partial charge is 0.319 e. The van der Waals surface area contributed by atoms with Gasteiger partial charge in [-0.05, 0) is 70.3 Å². The van der Waals surface area contributed by atoms with Crippen molar-refractivity contribution in [1.29, 1.82) is 0 Å². The van der Waals surface area contributed by atoms with Gasteiger partial charge in [0.2, 0.25) is 0 Å². The monoisotopic (exact) mass is 288 g/mol. The van der Waals surface area contributed by atoms with Crippen molar-refractivity contribution in [2.45, 2.75) is 58.5 Å². The fourth-order valence-corrected chi connectivity index (χ4v) is 3.90. The number of aryl methyl sites for hydroxylation is 1. The van der Waals surface area contributed by atoms with Gasteiger partial charge in [-0.15, -0.1) is 0 Å². The Morgan fingerprint density at radius 3 is 2.67 bits per heavy atom. The molecule has 0 amide bonds. The summed E-state index contributed by atoms with van der Waals surface area (Å²) in [4.78, 5) is 2.74. The number of likely N-dealkylation sites (tertiary alicyclic amines) is 1. The van der Waals surface area contributed by atoms with E-state index >= 15 is 0 Å². The summed E-state index contributed by atoms with van der Waals surface area (Å²) in [6, 6.07) is 10.3. The van der Waals surface area contributed by atoms with Crippen LogP contribution in [0.1, 0.15) is 57.2 Å². The smallest absolute Gasteiger partial charge is 0.0393 e. The average Bonchev–Trinajstić information content (AvgIpc) is 2.70. The van der Waals surface area contributed by atoms with Crippen LogP contribution >= 0.6 is 0 Å². The second-order valence-electron chi connectivity index (χ2n) is 6.64. The Morgan fingerprint density at radius 1 is 1.24 bits per heavy atom. The number of rotatable bonds is 5. The molecular formula is C19H32N2. The molecule has 2 atom stereocenters. The molecule has 0 spiro atoms. The first kappa shape index (κ1) is 16.5. The maximum absolute atomic E-state index is 3.44. The molecule has 2 rings (SSSR count). The zero-order valence-corrected chi connectivity index (χ0v) is 14.2. The molecule has 2 unspecified atom stereocenters. The summed E-state index contributed by atoms with van der Waals surface area (Å²) in [6.07, 6.45) is 5.17. The van der Waals surface area contributed by atoms with Crippen molar-refractivity contribution in [2.24, 2.45) is 5.92 Å². The van der Waals surface area contributed by atoms with Crippen LogP contribution in [0, 0.1) is 5.92 Å². The molecule has 0 aliphatic carbocycles. The first-order chi connectivity index (χ1) is 10.2. The quantitative estimate of drug-likeness (QED) is 0.880. The van der Waals surface area contributed by atoms with Gasteiger partial charge in [0, 0.05) is 12.1 Å². The van der Waals surface area contributed by atoms with Crippen molar-refractivity contribution in [2.75, 3.05) is 20.1 Å². The van der Waals surface area contributed by atoms with Gasteiger partial charge in [-0.2, -0.15) is 0 Å². The highest BCUT2D eigenvalue weighted by molar-refractivity contribution is 5.31. The zero-order chi connectivity index (χ0) is 15.2. The van der Waals surface area contributed by atoms with Crippen LogP contribution in [0.15, 0.2) is 24.3 Å². The van der Waals surface area contributed by atoms with Crippen molar-refractivity contribution in [3.05, 3.63) is 35.4 Å². The summed E-state index contributed by atoms with van der Waals surface area (Å²) in [5.74, 6) is 0.715. The van der Waals surface area contributed by atoms with Crippen LogP contribution in [0.3, 0.4) is 0 Å². The molecule has 1 aliphatic rings. The lowest BCUT2D eigenvalue weighted by Crippen LogP contribution is -2.40. The molecule has 1 aromatic rings. The van der Waals surface area contributed by atoms with Gasteiger partial charge in [0.05, 0.1) is 0 Å². The van der Waals surface area contributed by atoms with Crippen molar-refractivity contribution in [1.82, 2.24) is 10.2 Å². The van der Waals surface area contributed by atoms with E-state index < -0.39 is 0 Å². The van der Waals surface area contributed by atoms with E-state index in [0.29, 0.717) is 18.0 Å². The third-order valence-electron chi connectivity index (χ3n) is 4.93. The molecule has 1 heterocycles. The second kappa shape index (κ2) is 7.95. The molecule has 118 valence electrons. The number of benzene rings is 1. The first-order valence-corrected chi connectivity index (χ1v) is 8.67. The van der Waals surface area contributed by atoms with E-state index in [4.69, 9.17) is 0 Å². The molecule has 0 aromatic heterocycles. The molecule has 1 saturated heterocycles. The van der Waals surface area contributed by atoms with Gasteiger partial charge < -0.3 is 5.32 Å². The van der Waals surface area contributed by atoms with Gasteiger partial charge in [-0.3, -0.25) is 4.90 Å². The molecule has 0 saturated carbocycles. The van der Waals surface area contributed by atoms with Crippen LogP contribution in [-0.2, 0) is 6.42 Å². The lowest BCUT2D eigenvalue weighted by atomic mass is 9.85. The predicted octanol–water partition coefficient (Wildman–Crippen LogP) is 4.02. The lowest BCUT2D eigenvalue weighted by Gasteiger charge is -2.39. The van der Waals surface area contributed by atoms with Gasteiger partial charge in [-0.1, -0.05) is 37.6 Å². The van der Waals surface area contributed by atoms with Gasteiger partial charge >= 0.3 is 0 Å². The Morgan fingerprint density at radius 2 is 2.00 bits per heavy atom. The Kier molecular flexibility index (Phi) is 6.25. The third-order valence-corrected chi connectivity index (χ3v) is 4.93. The normalized spacial score (nSPS) is 24.2. The Bertz CT molecular complexity index is 427. The van der Waals surface area contributed by atoms with Gasteiger partial charge in [-0.25, -0.2) is 0 Å². The maximum Gasteiger partial charge on any atom is 0.0393 e. The molecule has 0 bridgehead atoms. The number of nitrogens with one attached hydrogen (secondary N) is 1. The minimum atomic E-state index is 0.566. The Balaban J connectivity index is 2.42. The summed E-state index contributed by atoms with van der Waals surface area (Å²) in [7, 11) is 2.09. The summed E-state index contributed by atoms with van der Waals surface area (Å²) in [5.41, 5.74) is 3.09. The predicted molar refractivity (Wildman–Crippen MR) is 91.7 cm³/mol. The first-order valence-electron chi connectivity index (χ1n) is 8.67. The Hall–Kier alpha value is -0.860. The highest BCUT2D eigenvalue weighted by atomic mass is 15.2. The molecule has 2 nitrogen and oxygen atoms in total. The van der Waals surface area contributed by atoms with Crippen molar-refractivity contribution >= 4 is 0 Å². The van der Waals surface area contributed by atoms with E-state index in [1.165, 1.54) is 31.4 Å². The number of nitrogens with zero attached hydrogens (tertiary/aromatic N) is 1. The van der Waals surface area contributed by atoms with E-state index in [2.05, 4.69) is 62.3 Å². The van der Waals surface area contributed by atoms with Gasteiger partial charge in [0.15, 0.2) is 0 Å². The molecule has 1 aromatic carbocycles. The highest BCUT2D eigenvalue weighted by Gasteiger charge is 2.32. The van der Waals surface area contributed by atoms with E-state index in [-0.39, 0.29) is 0 Å². The van der Waals surface area contributed by atoms with Crippen molar-refractivity contribution in [3.8, 4) is 0 Å². The number of hydrogen-bond donors (Lipinski definition) is 1. The molecule has 2 heteroatoms. The van der Waals surface area contributed by atoms with E-state index in [1.807, 2.05) is 0 Å². The summed E-state index contributed by atoms with van der Waals surface area (Å²) >= 11 is 0. The molecule has 0 radical (unpaired) electrons. The lowest BCUT2D eigenvalue weighted by molar-refractivity contribution is 0.118. The fraction of sp³-hybridized carbons (Fsp3) is 0.684. The maximum atomic E-state index is 3.44. The summed E-state index contributed by atoms with van der Waals surface area (Å²) in [5, 5.41) is 3.44. The second-order valence-corrected chi connectivity index (χ2v) is 6.64. The zero-order valence-electron chi connectivity index (χ0n) is 14.2. The van der Waals surface area contributed by atoms with Crippen LogP contribution in [0.2, 0.25) is 0 Å². The minimum Gasteiger partial charge on any atom is -0.319 e. The molecule has 21 heavy (non-hydrogen) atoms. The van der Waals surface area contributed by atoms with E-state index in [0.717, 1.165) is 13.0 Å². The molecule has 1 aliphatic heterocycles. The van der Waals surface area contributed by atoms with Crippen LogP contribution in [0.5, 0.6) is 0 Å². The van der Waals surface area contributed by atoms with Gasteiger partial charge in [0.1, 0.15) is 0 Å². The Labute approximate surface area is 130 Å². The number of hydrogen-bond acceptors (Lipinski definition) is 2. The fourth-order valence-electron chi connectivity index (χ4n) is 3.90. The minimum absolute atomic E-state index is 0.566. The van der Waals surface area contributed by atoms with Crippen LogP contribution in [0.25, 0.3) is 0 Å². The third kappa shape index (κ3) is 3.87. The molecule has 1 fully saturated rings. The molecular weight excluding hydrogens is 256 g/mol. The molecule has 1 N–H and O–H groups in total. The van der Waals surface area contributed by atoms with E-state index in [9.17, 15) is 0 Å². The summed E-state index contributed by atoms with van der Waals surface area (Å²) < 4.78 is 0. The van der Waals surface area contributed by atoms with Crippen molar-refractivity contribution in [3.63, 3.8) is 0 Å². The van der Waals surface area contributed by atoms with Crippen LogP contribution < -0.4 is 5.32 Å². The highest BCUT2D eigenvalue weighted by Crippen LogP contribution is 2.37. The SMILES string of the molecule is CCc1ccccc1C1C(CNC)CCCCN1C(C)C. The summed E-state index contributed by atoms with van der Waals surface area (Å²) in [6.45, 7) is 9.33. The standard InChI is InChI=1S/C19H32N2/c1-5-16-10-6-7-12-18(16)19-17(14-20-4)11-8-9-13-21(19)15(2)3/h6-7,10,12,15,17,19-20H,5,8-9,11,13-14H2,1-4H3. The van der Waals surface area contributed by atoms with Crippen LogP contribution in [-0.4, -0.2) is 31.1 Å². The van der Waals surface area contributed by atoms with Crippen molar-refractivity contribution < 1.29 is 0 Å². The average molecular weight is 288 g/mol. The topological polar surface area (TPSA) is 15.3 Å². The van der Waals surface area contributed by atoms with Gasteiger partial charge in [0.25, 0.3) is 0 Å². The van der Waals surface area contributed by atoms with Crippen LogP contribution in [0.4, 0.5) is 0 Å². The van der Waals surface area contributed by atoms with E-state index in [1.54, 1.807) is 5.56 Å².